The summed E-state index contributed by atoms with van der Waals surface area (Å²) in [5, 5.41) is 18.4. The Morgan fingerprint density at radius 2 is 2.17 bits per heavy atom. The number of aliphatic hydroxyl groups excluding tert-OH is 2. The van der Waals surface area contributed by atoms with Gasteiger partial charge in [0.1, 0.15) is 0 Å². The summed E-state index contributed by atoms with van der Waals surface area (Å²) in [6.07, 6.45) is 2.24. The molecule has 0 aromatic heterocycles. The van der Waals surface area contributed by atoms with Crippen molar-refractivity contribution in [2.45, 2.75) is 31.5 Å². The molecule has 2 N–H and O–H groups in total. The molecule has 3 heteroatoms. The predicted molar refractivity (Wildman–Crippen MR) is 43.7 cm³/mol. The fourth-order valence-electron chi connectivity index (χ4n) is 2.78. The number of rotatable bonds is 2. The number of hydrogen-bond acceptors (Lipinski definition) is 3. The Morgan fingerprint density at radius 1 is 1.42 bits per heavy atom. The Kier molecular flexibility index (Phi) is 1.90. The van der Waals surface area contributed by atoms with Crippen LogP contribution < -0.4 is 0 Å². The van der Waals surface area contributed by atoms with Crippen LogP contribution in [0.3, 0.4) is 0 Å². The Morgan fingerprint density at radius 3 is 2.58 bits per heavy atom. The van der Waals surface area contributed by atoms with E-state index in [2.05, 4.69) is 6.92 Å². The summed E-state index contributed by atoms with van der Waals surface area (Å²) in [5.74, 6) is 0.537. The van der Waals surface area contributed by atoms with E-state index < -0.39 is 5.60 Å². The second-order valence-corrected chi connectivity index (χ2v) is 4.10. The molecule has 2 aliphatic rings. The topological polar surface area (TPSA) is 49.7 Å². The van der Waals surface area contributed by atoms with E-state index in [9.17, 15) is 5.11 Å². The first kappa shape index (κ1) is 8.48. The molecule has 0 saturated carbocycles. The molecule has 0 amide bonds. The zero-order valence-electron chi connectivity index (χ0n) is 7.36. The van der Waals surface area contributed by atoms with E-state index in [1.165, 1.54) is 0 Å². The molecular formula is C9H16O3. The van der Waals surface area contributed by atoms with Crippen molar-refractivity contribution in [3.05, 3.63) is 0 Å². The average molecular weight is 172 g/mol. The fraction of sp³-hybridized carbons (Fsp3) is 1.00. The molecular weight excluding hydrogens is 156 g/mol. The van der Waals surface area contributed by atoms with Crippen molar-refractivity contribution in [2.24, 2.45) is 11.8 Å². The molecule has 0 spiro atoms. The molecule has 0 aromatic carbocycles. The van der Waals surface area contributed by atoms with Crippen LogP contribution in [0, 0.1) is 11.8 Å². The molecule has 2 rings (SSSR count). The first-order chi connectivity index (χ1) is 5.73. The van der Waals surface area contributed by atoms with Gasteiger partial charge in [0.15, 0.2) is 0 Å². The zero-order chi connectivity index (χ0) is 8.77. The van der Waals surface area contributed by atoms with Crippen LogP contribution in [0.5, 0.6) is 0 Å². The number of ether oxygens (including phenoxy) is 1. The highest BCUT2D eigenvalue weighted by atomic mass is 16.5. The SMILES string of the molecule is C[C@H]1C[C@H]2C[C@H](CO)[C@]1(CO)O2. The van der Waals surface area contributed by atoms with Crippen LogP contribution in [0.25, 0.3) is 0 Å². The van der Waals surface area contributed by atoms with Crippen molar-refractivity contribution in [2.75, 3.05) is 13.2 Å². The molecule has 2 saturated heterocycles. The van der Waals surface area contributed by atoms with E-state index in [4.69, 9.17) is 9.84 Å². The second-order valence-electron chi connectivity index (χ2n) is 4.10. The van der Waals surface area contributed by atoms with Gasteiger partial charge in [-0.3, -0.25) is 0 Å². The van der Waals surface area contributed by atoms with Gasteiger partial charge >= 0.3 is 0 Å². The first-order valence-corrected chi connectivity index (χ1v) is 4.62. The Labute approximate surface area is 72.3 Å². The minimum Gasteiger partial charge on any atom is -0.396 e. The van der Waals surface area contributed by atoms with Crippen molar-refractivity contribution in [3.63, 3.8) is 0 Å². The van der Waals surface area contributed by atoms with Gasteiger partial charge in [0, 0.05) is 12.5 Å². The van der Waals surface area contributed by atoms with E-state index in [1.807, 2.05) is 0 Å². The van der Waals surface area contributed by atoms with Crippen LogP contribution in [-0.4, -0.2) is 35.1 Å². The Hall–Kier alpha value is -0.120. The lowest BCUT2D eigenvalue weighted by Crippen LogP contribution is -2.45. The predicted octanol–water partition coefficient (Wildman–Crippen LogP) is 0.155. The molecule has 4 atom stereocenters. The molecule has 12 heavy (non-hydrogen) atoms. The molecule has 0 unspecified atom stereocenters. The van der Waals surface area contributed by atoms with E-state index in [-0.39, 0.29) is 25.2 Å². The van der Waals surface area contributed by atoms with Gasteiger partial charge in [-0.05, 0) is 18.8 Å². The van der Waals surface area contributed by atoms with Crippen molar-refractivity contribution >= 4 is 0 Å². The summed E-state index contributed by atoms with van der Waals surface area (Å²) in [6, 6.07) is 0. The van der Waals surface area contributed by atoms with Crippen LogP contribution in [0.4, 0.5) is 0 Å². The third-order valence-electron chi connectivity index (χ3n) is 3.54. The smallest absolute Gasteiger partial charge is 0.0992 e. The van der Waals surface area contributed by atoms with Gasteiger partial charge in [-0.2, -0.15) is 0 Å². The normalized spacial score (nSPS) is 51.8. The first-order valence-electron chi connectivity index (χ1n) is 4.62. The summed E-state index contributed by atoms with van der Waals surface area (Å²) in [7, 11) is 0. The second kappa shape index (κ2) is 2.69. The highest BCUT2D eigenvalue weighted by Crippen LogP contribution is 2.50. The van der Waals surface area contributed by atoms with Crippen molar-refractivity contribution in [1.29, 1.82) is 0 Å². The van der Waals surface area contributed by atoms with Crippen LogP contribution in [0.2, 0.25) is 0 Å². The Bertz CT molecular complexity index is 183. The number of aliphatic hydroxyl groups is 2. The van der Waals surface area contributed by atoms with Gasteiger partial charge in [0.2, 0.25) is 0 Å². The fourth-order valence-corrected chi connectivity index (χ4v) is 2.78. The molecule has 2 aliphatic heterocycles. The molecule has 0 radical (unpaired) electrons. The number of hydrogen-bond donors (Lipinski definition) is 2. The van der Waals surface area contributed by atoms with Crippen molar-refractivity contribution in [1.82, 2.24) is 0 Å². The van der Waals surface area contributed by atoms with Crippen molar-refractivity contribution < 1.29 is 14.9 Å². The lowest BCUT2D eigenvalue weighted by atomic mass is 9.73. The highest BCUT2D eigenvalue weighted by Gasteiger charge is 2.57. The quantitative estimate of drug-likeness (QED) is 0.623. The van der Waals surface area contributed by atoms with E-state index in [1.54, 1.807) is 0 Å². The lowest BCUT2D eigenvalue weighted by Gasteiger charge is -2.34. The maximum atomic E-state index is 9.28. The van der Waals surface area contributed by atoms with Gasteiger partial charge in [-0.1, -0.05) is 6.92 Å². The van der Waals surface area contributed by atoms with E-state index >= 15 is 0 Å². The molecule has 2 bridgehead atoms. The standard InChI is InChI=1S/C9H16O3/c1-6-2-8-3-7(4-10)9(6,5-11)12-8/h6-8,10-11H,2-5H2,1H3/t6-,7+,8-,9+/m0/s1. The van der Waals surface area contributed by atoms with Gasteiger partial charge in [0.25, 0.3) is 0 Å². The van der Waals surface area contributed by atoms with Gasteiger partial charge < -0.3 is 14.9 Å². The summed E-state index contributed by atoms with van der Waals surface area (Å²) >= 11 is 0. The molecule has 0 aromatic rings. The molecule has 2 heterocycles. The lowest BCUT2D eigenvalue weighted by molar-refractivity contribution is -0.0784. The summed E-state index contributed by atoms with van der Waals surface area (Å²) < 4.78 is 5.71. The molecule has 0 aliphatic carbocycles. The summed E-state index contributed by atoms with van der Waals surface area (Å²) in [6.45, 7) is 2.29. The van der Waals surface area contributed by atoms with Gasteiger partial charge in [0.05, 0.1) is 18.3 Å². The minimum atomic E-state index is -0.417. The third kappa shape index (κ3) is 0.873. The molecule has 70 valence electrons. The summed E-state index contributed by atoms with van der Waals surface area (Å²) in [4.78, 5) is 0. The largest absolute Gasteiger partial charge is 0.396 e. The van der Waals surface area contributed by atoms with Crippen LogP contribution in [0.15, 0.2) is 0 Å². The van der Waals surface area contributed by atoms with Crippen LogP contribution in [0.1, 0.15) is 19.8 Å². The van der Waals surface area contributed by atoms with Crippen molar-refractivity contribution in [3.8, 4) is 0 Å². The average Bonchev–Trinajstić information content (AvgIpc) is 2.57. The van der Waals surface area contributed by atoms with Crippen LogP contribution >= 0.6 is 0 Å². The minimum absolute atomic E-state index is 0.0515. The molecule has 3 nitrogen and oxygen atoms in total. The van der Waals surface area contributed by atoms with Crippen LogP contribution in [-0.2, 0) is 4.74 Å². The number of fused-ring (bicyclic) bond motifs is 2. The summed E-state index contributed by atoms with van der Waals surface area (Å²) in [5.41, 5.74) is -0.417. The zero-order valence-corrected chi connectivity index (χ0v) is 7.36. The van der Waals surface area contributed by atoms with Gasteiger partial charge in [-0.15, -0.1) is 0 Å². The third-order valence-corrected chi connectivity index (χ3v) is 3.54. The van der Waals surface area contributed by atoms with E-state index in [0.717, 1.165) is 12.8 Å². The maximum absolute atomic E-state index is 9.28. The van der Waals surface area contributed by atoms with Gasteiger partial charge in [-0.25, -0.2) is 0 Å². The Balaban J connectivity index is 2.22. The monoisotopic (exact) mass is 172 g/mol. The maximum Gasteiger partial charge on any atom is 0.0992 e. The highest BCUT2D eigenvalue weighted by molar-refractivity contribution is 5.05. The van der Waals surface area contributed by atoms with E-state index in [0.29, 0.717) is 5.92 Å². The molecule has 2 fully saturated rings.